The molecule has 0 aliphatic heterocycles. The van der Waals surface area contributed by atoms with E-state index < -0.39 is 17.7 Å². The molecule has 2 aromatic rings. The predicted octanol–water partition coefficient (Wildman–Crippen LogP) is 4.47. The van der Waals surface area contributed by atoms with Gasteiger partial charge in [-0.3, -0.25) is 0 Å². The molecule has 0 unspecified atom stereocenters. The Kier molecular flexibility index (Phi) is 4.51. The zero-order valence-electron chi connectivity index (χ0n) is 11.6. The molecule has 0 radical (unpaired) electrons. The van der Waals surface area contributed by atoms with Crippen molar-refractivity contribution in [2.24, 2.45) is 0 Å². The lowest BCUT2D eigenvalue weighted by atomic mass is 10.0. The van der Waals surface area contributed by atoms with Gasteiger partial charge >= 0.3 is 12.1 Å². The molecule has 116 valence electrons. The van der Waals surface area contributed by atoms with Crippen LogP contribution in [0.4, 0.5) is 13.2 Å². The van der Waals surface area contributed by atoms with Gasteiger partial charge in [-0.2, -0.15) is 18.4 Å². The average Bonchev–Trinajstić information content (AvgIpc) is 2.52. The lowest BCUT2D eigenvalue weighted by Crippen LogP contribution is -2.04. The Balaban J connectivity index is 2.32. The number of carbonyl (C=O) groups is 1. The van der Waals surface area contributed by atoms with Crippen LogP contribution >= 0.6 is 0 Å². The lowest BCUT2D eigenvalue weighted by molar-refractivity contribution is -0.137. The van der Waals surface area contributed by atoms with E-state index in [2.05, 4.69) is 0 Å². The maximum absolute atomic E-state index is 12.5. The SMILES string of the molecule is N#C/C(=C/c1ccc(C(F)(F)F)cc1)c1ccc(C(=O)O)cc1. The first-order valence-electron chi connectivity index (χ1n) is 6.44. The number of rotatable bonds is 3. The summed E-state index contributed by atoms with van der Waals surface area (Å²) in [5.41, 5.74) is 0.468. The molecule has 6 heteroatoms. The number of nitriles is 1. The first-order valence-corrected chi connectivity index (χ1v) is 6.44. The molecule has 0 aliphatic carbocycles. The van der Waals surface area contributed by atoms with Gasteiger partial charge < -0.3 is 5.11 Å². The molecular formula is C17H10F3NO2. The minimum Gasteiger partial charge on any atom is -0.478 e. The van der Waals surface area contributed by atoms with Crippen LogP contribution < -0.4 is 0 Å². The van der Waals surface area contributed by atoms with Crippen molar-refractivity contribution in [3.8, 4) is 6.07 Å². The lowest BCUT2D eigenvalue weighted by Gasteiger charge is -2.06. The first kappa shape index (κ1) is 16.3. The number of hydrogen-bond donors (Lipinski definition) is 1. The summed E-state index contributed by atoms with van der Waals surface area (Å²) >= 11 is 0. The van der Waals surface area contributed by atoms with E-state index in [1.54, 1.807) is 0 Å². The Bertz CT molecular complexity index is 783. The van der Waals surface area contributed by atoms with Crippen molar-refractivity contribution in [1.29, 1.82) is 5.26 Å². The Hall–Kier alpha value is -3.07. The van der Waals surface area contributed by atoms with Gasteiger partial charge in [0.1, 0.15) is 0 Å². The Morgan fingerprint density at radius 1 is 1.00 bits per heavy atom. The van der Waals surface area contributed by atoms with Crippen molar-refractivity contribution >= 4 is 17.6 Å². The number of benzene rings is 2. The fourth-order valence-electron chi connectivity index (χ4n) is 1.91. The van der Waals surface area contributed by atoms with Crippen molar-refractivity contribution in [3.05, 3.63) is 70.8 Å². The summed E-state index contributed by atoms with van der Waals surface area (Å²) in [5.74, 6) is -1.08. The Morgan fingerprint density at radius 2 is 1.52 bits per heavy atom. The van der Waals surface area contributed by atoms with Crippen molar-refractivity contribution in [2.75, 3.05) is 0 Å². The van der Waals surface area contributed by atoms with E-state index in [1.807, 2.05) is 6.07 Å². The van der Waals surface area contributed by atoms with Crippen molar-refractivity contribution in [2.45, 2.75) is 6.18 Å². The molecule has 0 bridgehead atoms. The summed E-state index contributed by atoms with van der Waals surface area (Å²) in [6.07, 6.45) is -2.97. The van der Waals surface area contributed by atoms with Gasteiger partial charge in [0.15, 0.2) is 0 Å². The highest BCUT2D eigenvalue weighted by molar-refractivity contribution is 5.92. The minimum atomic E-state index is -4.41. The van der Waals surface area contributed by atoms with E-state index in [0.717, 1.165) is 12.1 Å². The van der Waals surface area contributed by atoms with Crippen LogP contribution in [0.1, 0.15) is 27.0 Å². The number of halogens is 3. The third kappa shape index (κ3) is 3.98. The number of carboxylic acid groups (broad SMARTS) is 1. The van der Waals surface area contributed by atoms with E-state index in [-0.39, 0.29) is 11.1 Å². The first-order chi connectivity index (χ1) is 10.8. The van der Waals surface area contributed by atoms with Gasteiger partial charge in [-0.1, -0.05) is 24.3 Å². The van der Waals surface area contributed by atoms with E-state index in [0.29, 0.717) is 11.1 Å². The second-order valence-corrected chi connectivity index (χ2v) is 4.67. The summed E-state index contributed by atoms with van der Waals surface area (Å²) in [6.45, 7) is 0. The molecule has 2 rings (SSSR count). The highest BCUT2D eigenvalue weighted by Crippen LogP contribution is 2.29. The fourth-order valence-corrected chi connectivity index (χ4v) is 1.91. The number of allylic oxidation sites excluding steroid dienone is 1. The van der Waals surface area contributed by atoms with Crippen molar-refractivity contribution in [1.82, 2.24) is 0 Å². The predicted molar refractivity (Wildman–Crippen MR) is 78.3 cm³/mol. The number of alkyl halides is 3. The van der Waals surface area contributed by atoms with Gasteiger partial charge in [-0.05, 0) is 41.5 Å². The van der Waals surface area contributed by atoms with Crippen LogP contribution in [0, 0.1) is 11.3 Å². The van der Waals surface area contributed by atoms with Crippen LogP contribution in [0.15, 0.2) is 48.5 Å². The second-order valence-electron chi connectivity index (χ2n) is 4.67. The van der Waals surface area contributed by atoms with E-state index in [1.165, 1.54) is 42.5 Å². The van der Waals surface area contributed by atoms with Gasteiger partial charge in [0.2, 0.25) is 0 Å². The number of carboxylic acids is 1. The van der Waals surface area contributed by atoms with Crippen LogP contribution in [0.2, 0.25) is 0 Å². The zero-order chi connectivity index (χ0) is 17.0. The maximum atomic E-state index is 12.5. The Labute approximate surface area is 129 Å². The summed E-state index contributed by atoms with van der Waals surface area (Å²) in [7, 11) is 0. The third-order valence-corrected chi connectivity index (χ3v) is 3.11. The molecule has 0 spiro atoms. The molecule has 0 fully saturated rings. The quantitative estimate of drug-likeness (QED) is 0.671. The summed E-state index contributed by atoms with van der Waals surface area (Å²) in [5, 5.41) is 18.0. The fraction of sp³-hybridized carbons (Fsp3) is 0.0588. The van der Waals surface area contributed by atoms with E-state index in [4.69, 9.17) is 5.11 Å². The monoisotopic (exact) mass is 317 g/mol. The van der Waals surface area contributed by atoms with Crippen LogP contribution in [-0.2, 0) is 6.18 Å². The maximum Gasteiger partial charge on any atom is 0.416 e. The highest BCUT2D eigenvalue weighted by Gasteiger charge is 2.29. The molecular weight excluding hydrogens is 307 g/mol. The van der Waals surface area contributed by atoms with Crippen molar-refractivity contribution < 1.29 is 23.1 Å². The average molecular weight is 317 g/mol. The molecule has 0 heterocycles. The Morgan fingerprint density at radius 3 is 1.96 bits per heavy atom. The van der Waals surface area contributed by atoms with Gasteiger partial charge in [0.05, 0.1) is 22.8 Å². The molecule has 1 N–H and O–H groups in total. The second kappa shape index (κ2) is 6.36. The number of aromatic carboxylic acids is 1. The van der Waals surface area contributed by atoms with Crippen LogP contribution in [-0.4, -0.2) is 11.1 Å². The van der Waals surface area contributed by atoms with E-state index >= 15 is 0 Å². The highest BCUT2D eigenvalue weighted by atomic mass is 19.4. The molecule has 23 heavy (non-hydrogen) atoms. The van der Waals surface area contributed by atoms with Crippen molar-refractivity contribution in [3.63, 3.8) is 0 Å². The van der Waals surface area contributed by atoms with Gasteiger partial charge in [0, 0.05) is 0 Å². The third-order valence-electron chi connectivity index (χ3n) is 3.11. The topological polar surface area (TPSA) is 61.1 Å². The van der Waals surface area contributed by atoms with E-state index in [9.17, 15) is 23.2 Å². The van der Waals surface area contributed by atoms with Gasteiger partial charge in [-0.25, -0.2) is 4.79 Å². The molecule has 0 atom stereocenters. The van der Waals surface area contributed by atoms with Crippen LogP contribution in [0.5, 0.6) is 0 Å². The zero-order valence-corrected chi connectivity index (χ0v) is 11.6. The molecule has 3 nitrogen and oxygen atoms in total. The van der Waals surface area contributed by atoms with Crippen LogP contribution in [0.3, 0.4) is 0 Å². The summed E-state index contributed by atoms with van der Waals surface area (Å²) in [6, 6.07) is 12.0. The van der Waals surface area contributed by atoms with Crippen LogP contribution in [0.25, 0.3) is 11.6 Å². The molecule has 0 amide bonds. The largest absolute Gasteiger partial charge is 0.478 e. The number of hydrogen-bond acceptors (Lipinski definition) is 2. The molecule has 2 aromatic carbocycles. The van der Waals surface area contributed by atoms with Gasteiger partial charge in [0.25, 0.3) is 0 Å². The minimum absolute atomic E-state index is 0.0839. The summed E-state index contributed by atoms with van der Waals surface area (Å²) in [4.78, 5) is 10.8. The molecule has 0 saturated heterocycles. The molecule has 0 aliphatic rings. The standard InChI is InChI=1S/C17H10F3NO2/c18-17(19,20)15-7-1-11(2-8-15)9-14(10-21)12-3-5-13(6-4-12)16(22)23/h1-9H,(H,22,23)/b14-9-. The smallest absolute Gasteiger partial charge is 0.416 e. The normalized spacial score (nSPS) is 11.8. The molecule has 0 saturated carbocycles. The molecule has 0 aromatic heterocycles. The summed E-state index contributed by atoms with van der Waals surface area (Å²) < 4.78 is 37.5. The van der Waals surface area contributed by atoms with Gasteiger partial charge in [-0.15, -0.1) is 0 Å². The number of nitrogens with zero attached hydrogens (tertiary/aromatic N) is 1.